The van der Waals surface area contributed by atoms with E-state index < -0.39 is 17.4 Å². The van der Waals surface area contributed by atoms with Crippen molar-refractivity contribution < 1.29 is 14.4 Å². The summed E-state index contributed by atoms with van der Waals surface area (Å²) >= 11 is 0. The number of benzene rings is 1. The van der Waals surface area contributed by atoms with Crippen LogP contribution in [-0.2, 0) is 19.9 Å². The van der Waals surface area contributed by atoms with Crippen molar-refractivity contribution in [3.8, 4) is 0 Å². The Morgan fingerprint density at radius 3 is 2.46 bits per heavy atom. The molecule has 6 nitrogen and oxygen atoms in total. The number of likely N-dealkylation sites (tertiary alicyclic amines) is 1. The fourth-order valence-electron chi connectivity index (χ4n) is 4.90. The van der Waals surface area contributed by atoms with E-state index in [4.69, 9.17) is 0 Å². The van der Waals surface area contributed by atoms with Gasteiger partial charge in [-0.15, -0.1) is 0 Å². The number of amides is 3. The molecule has 0 aromatic heterocycles. The Bertz CT molecular complexity index is 805. The summed E-state index contributed by atoms with van der Waals surface area (Å²) in [4.78, 5) is 41.1. The number of nitrogens with one attached hydrogen (secondary N) is 2. The smallest absolute Gasteiger partial charge is 0.250 e. The summed E-state index contributed by atoms with van der Waals surface area (Å²) in [5, 5.41) is 6.34. The SMILES string of the molecule is CC[C@H](C)N1C(=O)[C@H]2[C@@H](C1=O)[C@@]1(N[C@H]2C(C)C)C(=O)Nc2ccccc21. The maximum absolute atomic E-state index is 13.4. The summed E-state index contributed by atoms with van der Waals surface area (Å²) < 4.78 is 0. The number of nitrogens with zero attached hydrogens (tertiary/aromatic N) is 1. The molecule has 0 radical (unpaired) electrons. The first-order valence-corrected chi connectivity index (χ1v) is 9.40. The van der Waals surface area contributed by atoms with Crippen molar-refractivity contribution in [2.75, 3.05) is 5.32 Å². The summed E-state index contributed by atoms with van der Waals surface area (Å²) in [6.45, 7) is 7.90. The number of carbonyl (C=O) groups is 3. The molecular formula is C20H25N3O3. The van der Waals surface area contributed by atoms with Crippen molar-refractivity contribution in [2.45, 2.75) is 51.7 Å². The van der Waals surface area contributed by atoms with Gasteiger partial charge in [-0.05, 0) is 25.3 Å². The van der Waals surface area contributed by atoms with Crippen LogP contribution in [0.25, 0.3) is 0 Å². The van der Waals surface area contributed by atoms with Crippen LogP contribution in [0.5, 0.6) is 0 Å². The van der Waals surface area contributed by atoms with Crippen LogP contribution >= 0.6 is 0 Å². The third-order valence-corrected chi connectivity index (χ3v) is 6.34. The van der Waals surface area contributed by atoms with Crippen molar-refractivity contribution >= 4 is 23.4 Å². The Labute approximate surface area is 153 Å². The van der Waals surface area contributed by atoms with E-state index in [-0.39, 0.29) is 35.7 Å². The van der Waals surface area contributed by atoms with Gasteiger partial charge in [-0.1, -0.05) is 39.0 Å². The highest BCUT2D eigenvalue weighted by Crippen LogP contribution is 2.54. The number of hydrogen-bond donors (Lipinski definition) is 2. The van der Waals surface area contributed by atoms with Crippen molar-refractivity contribution in [3.63, 3.8) is 0 Å². The highest BCUT2D eigenvalue weighted by molar-refractivity contribution is 6.15. The second-order valence-corrected chi connectivity index (χ2v) is 8.03. The first kappa shape index (κ1) is 17.2. The molecule has 2 N–H and O–H groups in total. The average Bonchev–Trinajstić information content (AvgIpc) is 3.20. The largest absolute Gasteiger partial charge is 0.324 e. The molecule has 4 rings (SSSR count). The molecule has 2 fully saturated rings. The van der Waals surface area contributed by atoms with Gasteiger partial charge in [0.25, 0.3) is 0 Å². The summed E-state index contributed by atoms with van der Waals surface area (Å²) in [6.07, 6.45) is 0.701. The first-order valence-electron chi connectivity index (χ1n) is 9.40. The lowest BCUT2D eigenvalue weighted by atomic mass is 9.76. The minimum atomic E-state index is -1.16. The van der Waals surface area contributed by atoms with Gasteiger partial charge in [-0.25, -0.2) is 0 Å². The average molecular weight is 355 g/mol. The number of fused-ring (bicyclic) bond motifs is 4. The topological polar surface area (TPSA) is 78.5 Å². The zero-order valence-electron chi connectivity index (χ0n) is 15.6. The number of para-hydroxylation sites is 1. The van der Waals surface area contributed by atoms with Gasteiger partial charge in [0.15, 0.2) is 0 Å². The molecule has 26 heavy (non-hydrogen) atoms. The van der Waals surface area contributed by atoms with Gasteiger partial charge in [0.05, 0.1) is 11.8 Å². The molecule has 0 unspecified atom stereocenters. The second-order valence-electron chi connectivity index (χ2n) is 8.03. The molecule has 3 aliphatic heterocycles. The summed E-state index contributed by atoms with van der Waals surface area (Å²) in [5.74, 6) is -1.68. The predicted octanol–water partition coefficient (Wildman–Crippen LogP) is 1.86. The molecule has 0 bridgehead atoms. The molecule has 1 spiro atoms. The normalized spacial score (nSPS) is 33.8. The molecule has 2 saturated heterocycles. The highest BCUT2D eigenvalue weighted by atomic mass is 16.2. The maximum Gasteiger partial charge on any atom is 0.250 e. The third-order valence-electron chi connectivity index (χ3n) is 6.34. The summed E-state index contributed by atoms with van der Waals surface area (Å²) in [6, 6.07) is 7.07. The van der Waals surface area contributed by atoms with Crippen molar-refractivity contribution in [1.82, 2.24) is 10.2 Å². The van der Waals surface area contributed by atoms with Crippen LogP contribution in [0.15, 0.2) is 24.3 Å². The number of carbonyl (C=O) groups excluding carboxylic acids is 3. The van der Waals surface area contributed by atoms with Crippen LogP contribution in [0.2, 0.25) is 0 Å². The number of anilines is 1. The molecule has 0 saturated carbocycles. The Balaban J connectivity index is 1.90. The van der Waals surface area contributed by atoms with E-state index in [1.807, 2.05) is 52.0 Å². The Hall–Kier alpha value is -2.21. The molecule has 3 amide bonds. The zero-order chi connectivity index (χ0) is 18.8. The Morgan fingerprint density at radius 1 is 1.12 bits per heavy atom. The van der Waals surface area contributed by atoms with Gasteiger partial charge in [0, 0.05) is 23.3 Å². The number of rotatable bonds is 3. The second kappa shape index (κ2) is 5.64. The molecule has 1 aromatic rings. The van der Waals surface area contributed by atoms with Crippen molar-refractivity contribution in [1.29, 1.82) is 0 Å². The minimum Gasteiger partial charge on any atom is -0.324 e. The maximum atomic E-state index is 13.4. The fourth-order valence-corrected chi connectivity index (χ4v) is 4.90. The van der Waals surface area contributed by atoms with Crippen LogP contribution in [-0.4, -0.2) is 34.7 Å². The third kappa shape index (κ3) is 1.93. The zero-order valence-corrected chi connectivity index (χ0v) is 15.6. The lowest BCUT2D eigenvalue weighted by molar-refractivity contribution is -0.145. The van der Waals surface area contributed by atoms with E-state index in [1.165, 1.54) is 4.90 Å². The number of imide groups is 1. The minimum absolute atomic E-state index is 0.121. The van der Waals surface area contributed by atoms with Gasteiger partial charge in [0.1, 0.15) is 5.54 Å². The molecule has 6 heteroatoms. The van der Waals surface area contributed by atoms with E-state index in [2.05, 4.69) is 10.6 Å². The molecule has 1 aromatic carbocycles. The fraction of sp³-hybridized carbons (Fsp3) is 0.550. The van der Waals surface area contributed by atoms with E-state index in [1.54, 1.807) is 0 Å². The van der Waals surface area contributed by atoms with Gasteiger partial charge in [0.2, 0.25) is 17.7 Å². The molecule has 3 aliphatic rings. The van der Waals surface area contributed by atoms with Crippen molar-refractivity contribution in [3.05, 3.63) is 29.8 Å². The molecular weight excluding hydrogens is 330 g/mol. The van der Waals surface area contributed by atoms with Gasteiger partial charge >= 0.3 is 0 Å². The Kier molecular flexibility index (Phi) is 3.74. The quantitative estimate of drug-likeness (QED) is 0.812. The lowest BCUT2D eigenvalue weighted by Gasteiger charge is -2.31. The lowest BCUT2D eigenvalue weighted by Crippen LogP contribution is -2.54. The predicted molar refractivity (Wildman–Crippen MR) is 97.1 cm³/mol. The number of hydrogen-bond acceptors (Lipinski definition) is 4. The van der Waals surface area contributed by atoms with E-state index in [0.29, 0.717) is 6.42 Å². The van der Waals surface area contributed by atoms with Gasteiger partial charge in [-0.2, -0.15) is 0 Å². The molecule has 138 valence electrons. The van der Waals surface area contributed by atoms with E-state index in [0.717, 1.165) is 11.3 Å². The first-order chi connectivity index (χ1) is 12.3. The van der Waals surface area contributed by atoms with Crippen molar-refractivity contribution in [2.24, 2.45) is 17.8 Å². The van der Waals surface area contributed by atoms with Crippen LogP contribution in [0, 0.1) is 17.8 Å². The standard InChI is InChI=1S/C20H25N3O3/c1-5-11(4)23-17(24)14-15(18(23)25)20(22-16(14)10(2)3)12-8-6-7-9-13(12)21-19(20)26/h6-11,14-16,22H,5H2,1-4H3,(H,21,26)/t11-,14-,15-,16-,20+/m0/s1. The van der Waals surface area contributed by atoms with Gasteiger partial charge in [-0.3, -0.25) is 24.6 Å². The monoisotopic (exact) mass is 355 g/mol. The van der Waals surface area contributed by atoms with Crippen LogP contribution in [0.1, 0.15) is 39.7 Å². The molecule has 0 aliphatic carbocycles. The van der Waals surface area contributed by atoms with Crippen LogP contribution in [0.3, 0.4) is 0 Å². The van der Waals surface area contributed by atoms with Crippen LogP contribution in [0.4, 0.5) is 5.69 Å². The van der Waals surface area contributed by atoms with E-state index >= 15 is 0 Å². The Morgan fingerprint density at radius 2 is 1.81 bits per heavy atom. The molecule has 5 atom stereocenters. The van der Waals surface area contributed by atoms with Gasteiger partial charge < -0.3 is 5.32 Å². The van der Waals surface area contributed by atoms with E-state index in [9.17, 15) is 14.4 Å². The summed E-state index contributed by atoms with van der Waals surface area (Å²) in [5.41, 5.74) is 0.330. The van der Waals surface area contributed by atoms with Crippen LogP contribution < -0.4 is 10.6 Å². The highest BCUT2D eigenvalue weighted by Gasteiger charge is 2.70. The summed E-state index contributed by atoms with van der Waals surface area (Å²) in [7, 11) is 0. The molecule has 3 heterocycles.